The lowest BCUT2D eigenvalue weighted by atomic mass is 10.1. The highest BCUT2D eigenvalue weighted by Gasteiger charge is 2.29. The summed E-state index contributed by atoms with van der Waals surface area (Å²) in [6.07, 6.45) is 1.23. The molecule has 1 aliphatic heterocycles. The summed E-state index contributed by atoms with van der Waals surface area (Å²) in [7, 11) is 0. The van der Waals surface area contributed by atoms with Gasteiger partial charge >= 0.3 is 0 Å². The fraction of sp³-hybridized carbons (Fsp3) is 0.333. The summed E-state index contributed by atoms with van der Waals surface area (Å²) < 4.78 is 17.8. The van der Waals surface area contributed by atoms with Crippen molar-refractivity contribution in [3.63, 3.8) is 0 Å². The molecule has 0 radical (unpaired) electrons. The molecule has 1 aliphatic rings. The van der Waals surface area contributed by atoms with Crippen molar-refractivity contribution in [3.8, 4) is 0 Å². The number of rotatable bonds is 3. The predicted octanol–water partition coefficient (Wildman–Crippen LogP) is 0.366. The van der Waals surface area contributed by atoms with Gasteiger partial charge in [0.25, 0.3) is 0 Å². The van der Waals surface area contributed by atoms with Crippen LogP contribution in [0, 0.1) is 5.82 Å². The molecular formula is C12H16FN3O2. The first-order chi connectivity index (χ1) is 8.58. The smallest absolute Gasteiger partial charge is 0.176 e. The highest BCUT2D eigenvalue weighted by atomic mass is 19.1. The monoisotopic (exact) mass is 253 g/mol. The Morgan fingerprint density at radius 2 is 2.11 bits per heavy atom. The van der Waals surface area contributed by atoms with Crippen LogP contribution in [0.15, 0.2) is 30.5 Å². The van der Waals surface area contributed by atoms with Crippen LogP contribution in [0.5, 0.6) is 0 Å². The number of nitrogens with two attached hydrogens (primary N) is 2. The Morgan fingerprint density at radius 1 is 1.44 bits per heavy atom. The summed E-state index contributed by atoms with van der Waals surface area (Å²) in [5.74, 6) is 5.48. The van der Waals surface area contributed by atoms with Gasteiger partial charge in [0, 0.05) is 6.20 Å². The standard InChI is InChI=1S/C12H16FN3O2/c13-9-3-1-8(2-4-9)10(14)7-16(15)11-5-6-18-12(11)17/h1-4,7,11-12,17H,5-6,14-15H2/b10-7-. The molecule has 1 aromatic rings. The Balaban J connectivity index is 2.09. The molecule has 6 heteroatoms. The second kappa shape index (κ2) is 5.34. The van der Waals surface area contributed by atoms with Crippen molar-refractivity contribution in [2.24, 2.45) is 11.6 Å². The number of aliphatic hydroxyl groups excluding tert-OH is 1. The van der Waals surface area contributed by atoms with E-state index in [0.29, 0.717) is 24.3 Å². The highest BCUT2D eigenvalue weighted by molar-refractivity contribution is 5.61. The Labute approximate surface area is 104 Å². The molecule has 5 nitrogen and oxygen atoms in total. The first-order valence-corrected chi connectivity index (χ1v) is 5.64. The Bertz CT molecular complexity index is 435. The first kappa shape index (κ1) is 12.8. The maximum atomic E-state index is 12.8. The molecule has 0 amide bonds. The van der Waals surface area contributed by atoms with Gasteiger partial charge in [-0.3, -0.25) is 0 Å². The average molecular weight is 253 g/mol. The highest BCUT2D eigenvalue weighted by Crippen LogP contribution is 2.17. The van der Waals surface area contributed by atoms with Gasteiger partial charge in [-0.05, 0) is 36.2 Å². The Kier molecular flexibility index (Phi) is 3.81. The third-order valence-corrected chi connectivity index (χ3v) is 2.88. The number of ether oxygens (including phenoxy) is 1. The van der Waals surface area contributed by atoms with Gasteiger partial charge in [0.1, 0.15) is 5.82 Å². The largest absolute Gasteiger partial charge is 0.397 e. The van der Waals surface area contributed by atoms with Crippen molar-refractivity contribution < 1.29 is 14.2 Å². The topological polar surface area (TPSA) is 84.7 Å². The Hall–Kier alpha value is -1.63. The molecule has 0 bridgehead atoms. The molecule has 0 saturated carbocycles. The van der Waals surface area contributed by atoms with Crippen molar-refractivity contribution >= 4 is 5.70 Å². The zero-order chi connectivity index (χ0) is 13.1. The van der Waals surface area contributed by atoms with Crippen molar-refractivity contribution in [1.29, 1.82) is 0 Å². The molecule has 1 saturated heterocycles. The minimum absolute atomic E-state index is 0.316. The van der Waals surface area contributed by atoms with E-state index >= 15 is 0 Å². The van der Waals surface area contributed by atoms with E-state index in [1.165, 1.54) is 23.3 Å². The van der Waals surface area contributed by atoms with Crippen LogP contribution in [0.2, 0.25) is 0 Å². The molecule has 0 aromatic heterocycles. The zero-order valence-electron chi connectivity index (χ0n) is 9.79. The quantitative estimate of drug-likeness (QED) is 0.535. The van der Waals surface area contributed by atoms with Gasteiger partial charge < -0.3 is 20.6 Å². The summed E-state index contributed by atoms with van der Waals surface area (Å²) in [6.45, 7) is 0.462. The molecule has 2 atom stereocenters. The van der Waals surface area contributed by atoms with Crippen LogP contribution in [-0.4, -0.2) is 29.1 Å². The Morgan fingerprint density at radius 3 is 2.67 bits per heavy atom. The van der Waals surface area contributed by atoms with E-state index in [2.05, 4.69) is 0 Å². The normalized spacial score (nSPS) is 24.3. The summed E-state index contributed by atoms with van der Waals surface area (Å²) >= 11 is 0. The van der Waals surface area contributed by atoms with E-state index < -0.39 is 6.29 Å². The van der Waals surface area contributed by atoms with Crippen LogP contribution in [-0.2, 0) is 4.74 Å². The minimum Gasteiger partial charge on any atom is -0.397 e. The zero-order valence-corrected chi connectivity index (χ0v) is 9.79. The molecule has 1 heterocycles. The molecule has 2 rings (SSSR count). The lowest BCUT2D eigenvalue weighted by Gasteiger charge is -2.24. The first-order valence-electron chi connectivity index (χ1n) is 5.64. The van der Waals surface area contributed by atoms with Crippen molar-refractivity contribution in [2.75, 3.05) is 6.61 Å². The van der Waals surface area contributed by atoms with Gasteiger partial charge in [-0.2, -0.15) is 0 Å². The van der Waals surface area contributed by atoms with E-state index in [1.54, 1.807) is 12.1 Å². The van der Waals surface area contributed by atoms with Crippen LogP contribution in [0.3, 0.4) is 0 Å². The molecule has 1 aromatic carbocycles. The van der Waals surface area contributed by atoms with E-state index in [9.17, 15) is 9.50 Å². The van der Waals surface area contributed by atoms with Crippen LogP contribution in [0.4, 0.5) is 4.39 Å². The third kappa shape index (κ3) is 2.79. The minimum atomic E-state index is -0.910. The van der Waals surface area contributed by atoms with Gasteiger partial charge in [0.05, 0.1) is 18.3 Å². The average Bonchev–Trinajstić information content (AvgIpc) is 2.76. The maximum Gasteiger partial charge on any atom is 0.176 e. The number of nitrogens with zero attached hydrogens (tertiary/aromatic N) is 1. The molecule has 1 fully saturated rings. The number of hydrogen-bond donors (Lipinski definition) is 3. The number of benzene rings is 1. The fourth-order valence-electron chi connectivity index (χ4n) is 1.83. The number of hydrazine groups is 1. The van der Waals surface area contributed by atoms with E-state index in [1.807, 2.05) is 0 Å². The molecule has 0 aliphatic carbocycles. The fourth-order valence-corrected chi connectivity index (χ4v) is 1.83. The molecular weight excluding hydrogens is 237 g/mol. The van der Waals surface area contributed by atoms with Gasteiger partial charge in [0.2, 0.25) is 0 Å². The van der Waals surface area contributed by atoms with Crippen LogP contribution < -0.4 is 11.6 Å². The molecule has 2 unspecified atom stereocenters. The van der Waals surface area contributed by atoms with Crippen molar-refractivity contribution in [1.82, 2.24) is 5.01 Å². The van der Waals surface area contributed by atoms with Gasteiger partial charge in [-0.1, -0.05) is 0 Å². The summed E-state index contributed by atoms with van der Waals surface area (Å²) in [4.78, 5) is 0. The van der Waals surface area contributed by atoms with Crippen molar-refractivity contribution in [3.05, 3.63) is 41.8 Å². The lowest BCUT2D eigenvalue weighted by Crippen LogP contribution is -2.42. The van der Waals surface area contributed by atoms with Gasteiger partial charge in [-0.15, -0.1) is 0 Å². The van der Waals surface area contributed by atoms with Gasteiger partial charge in [-0.25, -0.2) is 10.2 Å². The SMILES string of the molecule is N/C(=C\N(N)C1CCOC1O)c1ccc(F)cc1. The number of hydrogen-bond acceptors (Lipinski definition) is 5. The van der Waals surface area contributed by atoms with Crippen LogP contribution in [0.1, 0.15) is 12.0 Å². The number of halogens is 1. The van der Waals surface area contributed by atoms with Crippen LogP contribution >= 0.6 is 0 Å². The van der Waals surface area contributed by atoms with Crippen molar-refractivity contribution in [2.45, 2.75) is 18.8 Å². The van der Waals surface area contributed by atoms with Gasteiger partial charge in [0.15, 0.2) is 6.29 Å². The van der Waals surface area contributed by atoms with E-state index in [4.69, 9.17) is 16.3 Å². The summed E-state index contributed by atoms with van der Waals surface area (Å²) in [6, 6.07) is 5.46. The second-order valence-electron chi connectivity index (χ2n) is 4.16. The third-order valence-electron chi connectivity index (χ3n) is 2.88. The number of aliphatic hydroxyl groups is 1. The molecule has 5 N–H and O–H groups in total. The molecule has 98 valence electrons. The van der Waals surface area contributed by atoms with E-state index in [-0.39, 0.29) is 11.9 Å². The molecule has 18 heavy (non-hydrogen) atoms. The van der Waals surface area contributed by atoms with Crippen LogP contribution in [0.25, 0.3) is 5.70 Å². The van der Waals surface area contributed by atoms with E-state index in [0.717, 1.165) is 0 Å². The summed E-state index contributed by atoms with van der Waals surface area (Å²) in [5.41, 5.74) is 6.92. The maximum absolute atomic E-state index is 12.8. The summed E-state index contributed by atoms with van der Waals surface area (Å²) in [5, 5.41) is 10.8. The second-order valence-corrected chi connectivity index (χ2v) is 4.16. The lowest BCUT2D eigenvalue weighted by molar-refractivity contribution is -0.0871. The molecule has 0 spiro atoms. The predicted molar refractivity (Wildman–Crippen MR) is 65.0 cm³/mol.